The molecule has 3 nitrogen and oxygen atoms in total. The van der Waals surface area contributed by atoms with Gasteiger partial charge in [-0.3, -0.25) is 0 Å². The van der Waals surface area contributed by atoms with Gasteiger partial charge in [0.05, 0.1) is 37.0 Å². The van der Waals surface area contributed by atoms with E-state index in [-0.39, 0.29) is 19.3 Å². The van der Waals surface area contributed by atoms with E-state index in [0.29, 0.717) is 6.42 Å². The maximum absolute atomic E-state index is 12.7. The number of halogens is 1. The van der Waals surface area contributed by atoms with Gasteiger partial charge in [-0.25, -0.2) is 4.39 Å². The lowest BCUT2D eigenvalue weighted by molar-refractivity contribution is 0.302. The molecule has 0 N–H and O–H groups in total. The van der Waals surface area contributed by atoms with Crippen LogP contribution in [0.4, 0.5) is 4.39 Å². The minimum absolute atomic E-state index is 0.134. The van der Waals surface area contributed by atoms with E-state index in [0.717, 1.165) is 0 Å². The normalized spacial score (nSPS) is 13.4. The molecule has 0 aliphatic rings. The lowest BCUT2D eigenvalue weighted by Gasteiger charge is -2.05. The molecule has 0 spiro atoms. The van der Waals surface area contributed by atoms with Crippen LogP contribution >= 0.6 is 0 Å². The molecule has 0 fully saturated rings. The minimum Gasteiger partial charge on any atom is -0.246 e. The predicted octanol–water partition coefficient (Wildman–Crippen LogP) is 2.07. The monoisotopic (exact) mass is 179 g/mol. The number of hydrogen-bond donors (Lipinski definition) is 0. The fourth-order valence-electron chi connectivity index (χ4n) is 0.906. The Morgan fingerprint density at radius 1 is 1.00 bits per heavy atom. The summed E-state index contributed by atoms with van der Waals surface area (Å²) in [6.07, 6.45) is -0.625. The third-order valence-electron chi connectivity index (χ3n) is 1.66. The summed E-state index contributed by atoms with van der Waals surface area (Å²) in [5.74, 6) is -0.401. The highest BCUT2D eigenvalue weighted by molar-refractivity contribution is 4.90. The van der Waals surface area contributed by atoms with Crippen molar-refractivity contribution in [3.8, 4) is 18.2 Å². The van der Waals surface area contributed by atoms with E-state index in [2.05, 4.69) is 0 Å². The van der Waals surface area contributed by atoms with E-state index in [1.165, 1.54) is 0 Å². The van der Waals surface area contributed by atoms with Crippen LogP contribution in [0.5, 0.6) is 0 Å². The molecular formula is C9H10FN3. The van der Waals surface area contributed by atoms with Gasteiger partial charge in [-0.15, -0.1) is 0 Å². The van der Waals surface area contributed by atoms with Crippen LogP contribution in [0, 0.1) is 39.9 Å². The van der Waals surface area contributed by atoms with Crippen LogP contribution in [-0.4, -0.2) is 6.17 Å². The summed E-state index contributed by atoms with van der Waals surface area (Å²) < 4.78 is 12.7. The standard InChI is InChI=1S/C9H10FN3/c10-9(4-6-12)2-1-8(7-13)3-5-11/h8-9H,1-4H2. The van der Waals surface area contributed by atoms with Crippen molar-refractivity contribution in [3.05, 3.63) is 0 Å². The largest absolute Gasteiger partial charge is 0.246 e. The molecule has 0 aromatic heterocycles. The number of hydrogen-bond acceptors (Lipinski definition) is 3. The van der Waals surface area contributed by atoms with Gasteiger partial charge in [-0.05, 0) is 12.8 Å². The third kappa shape index (κ3) is 5.65. The van der Waals surface area contributed by atoms with E-state index in [9.17, 15) is 4.39 Å². The van der Waals surface area contributed by atoms with Crippen molar-refractivity contribution in [2.45, 2.75) is 31.9 Å². The van der Waals surface area contributed by atoms with Crippen molar-refractivity contribution in [1.29, 1.82) is 15.8 Å². The van der Waals surface area contributed by atoms with Gasteiger partial charge in [-0.2, -0.15) is 15.8 Å². The first-order valence-electron chi connectivity index (χ1n) is 4.02. The van der Waals surface area contributed by atoms with Crippen LogP contribution < -0.4 is 0 Å². The summed E-state index contributed by atoms with van der Waals surface area (Å²) >= 11 is 0. The topological polar surface area (TPSA) is 71.4 Å². The maximum atomic E-state index is 12.7. The molecular weight excluding hydrogens is 169 g/mol. The molecule has 0 amide bonds. The van der Waals surface area contributed by atoms with E-state index < -0.39 is 12.1 Å². The Morgan fingerprint density at radius 2 is 1.62 bits per heavy atom. The molecule has 0 bridgehead atoms. The molecule has 68 valence electrons. The zero-order chi connectivity index (χ0) is 10.1. The van der Waals surface area contributed by atoms with Crippen molar-refractivity contribution >= 4 is 0 Å². The van der Waals surface area contributed by atoms with Crippen LogP contribution in [0.3, 0.4) is 0 Å². The lowest BCUT2D eigenvalue weighted by atomic mass is 9.99. The number of nitriles is 3. The molecule has 0 aromatic rings. The van der Waals surface area contributed by atoms with Crippen molar-refractivity contribution in [3.63, 3.8) is 0 Å². The number of nitrogens with zero attached hydrogens (tertiary/aromatic N) is 3. The molecule has 0 saturated heterocycles. The molecule has 0 aromatic carbocycles. The van der Waals surface area contributed by atoms with E-state index >= 15 is 0 Å². The third-order valence-corrected chi connectivity index (χ3v) is 1.66. The Morgan fingerprint density at radius 3 is 2.08 bits per heavy atom. The molecule has 0 saturated carbocycles. The van der Waals surface area contributed by atoms with Crippen molar-refractivity contribution in [2.75, 3.05) is 0 Å². The Balaban J connectivity index is 3.69. The molecule has 2 unspecified atom stereocenters. The summed E-state index contributed by atoms with van der Waals surface area (Å²) in [4.78, 5) is 0. The first kappa shape index (κ1) is 11.4. The van der Waals surface area contributed by atoms with Gasteiger partial charge in [0, 0.05) is 0 Å². The molecule has 13 heavy (non-hydrogen) atoms. The predicted molar refractivity (Wildman–Crippen MR) is 43.7 cm³/mol. The quantitative estimate of drug-likeness (QED) is 0.648. The highest BCUT2D eigenvalue weighted by atomic mass is 19.1. The van der Waals surface area contributed by atoms with Crippen LogP contribution in [0.1, 0.15) is 25.7 Å². The molecule has 4 heteroatoms. The lowest BCUT2D eigenvalue weighted by Crippen LogP contribution is -2.03. The first-order chi connectivity index (χ1) is 6.24. The van der Waals surface area contributed by atoms with Gasteiger partial charge in [-0.1, -0.05) is 0 Å². The minimum atomic E-state index is -1.17. The second-order valence-electron chi connectivity index (χ2n) is 2.73. The number of rotatable bonds is 5. The molecule has 0 rings (SSSR count). The average Bonchev–Trinajstić information content (AvgIpc) is 2.12. The van der Waals surface area contributed by atoms with Crippen molar-refractivity contribution in [2.24, 2.45) is 5.92 Å². The summed E-state index contributed by atoms with van der Waals surface area (Å²) in [7, 11) is 0. The van der Waals surface area contributed by atoms with E-state index in [1.807, 2.05) is 12.1 Å². The molecule has 0 aliphatic heterocycles. The van der Waals surface area contributed by atoms with Gasteiger partial charge in [0.1, 0.15) is 6.17 Å². The zero-order valence-electron chi connectivity index (χ0n) is 7.20. The van der Waals surface area contributed by atoms with Crippen LogP contribution in [0.15, 0.2) is 0 Å². The van der Waals surface area contributed by atoms with Crippen LogP contribution in [-0.2, 0) is 0 Å². The number of alkyl halides is 1. The van der Waals surface area contributed by atoms with E-state index in [4.69, 9.17) is 15.8 Å². The van der Waals surface area contributed by atoms with Crippen molar-refractivity contribution < 1.29 is 4.39 Å². The highest BCUT2D eigenvalue weighted by Gasteiger charge is 2.11. The summed E-state index contributed by atoms with van der Waals surface area (Å²) in [5.41, 5.74) is 0. The van der Waals surface area contributed by atoms with Crippen LogP contribution in [0.25, 0.3) is 0 Å². The first-order valence-corrected chi connectivity index (χ1v) is 4.02. The zero-order valence-corrected chi connectivity index (χ0v) is 7.20. The summed E-state index contributed by atoms with van der Waals surface area (Å²) in [6, 6.07) is 5.51. The molecule has 2 atom stereocenters. The second-order valence-corrected chi connectivity index (χ2v) is 2.73. The second kappa shape index (κ2) is 7.07. The van der Waals surface area contributed by atoms with Gasteiger partial charge in [0.2, 0.25) is 0 Å². The maximum Gasteiger partial charge on any atom is 0.113 e. The summed E-state index contributed by atoms with van der Waals surface area (Å²) in [6.45, 7) is 0. The van der Waals surface area contributed by atoms with Crippen LogP contribution in [0.2, 0.25) is 0 Å². The SMILES string of the molecule is N#CCC(F)CCC(C#N)CC#N. The Labute approximate surface area is 77.0 Å². The highest BCUT2D eigenvalue weighted by Crippen LogP contribution is 2.14. The van der Waals surface area contributed by atoms with Gasteiger partial charge in [0.15, 0.2) is 0 Å². The fourth-order valence-corrected chi connectivity index (χ4v) is 0.906. The van der Waals surface area contributed by atoms with Gasteiger partial charge < -0.3 is 0 Å². The molecule has 0 aliphatic carbocycles. The van der Waals surface area contributed by atoms with Gasteiger partial charge in [0.25, 0.3) is 0 Å². The van der Waals surface area contributed by atoms with Crippen molar-refractivity contribution in [1.82, 2.24) is 0 Å². The van der Waals surface area contributed by atoms with Gasteiger partial charge >= 0.3 is 0 Å². The fraction of sp³-hybridized carbons (Fsp3) is 0.667. The van der Waals surface area contributed by atoms with E-state index in [1.54, 1.807) is 6.07 Å². The summed E-state index contributed by atoms with van der Waals surface area (Å²) in [5, 5.41) is 25.0. The molecule has 0 heterocycles. The Hall–Kier alpha value is -1.60. The Bertz CT molecular complexity index is 256. The smallest absolute Gasteiger partial charge is 0.113 e. The average molecular weight is 179 g/mol. The molecule has 0 radical (unpaired) electrons. The Kier molecular flexibility index (Phi) is 6.20.